The minimum absolute atomic E-state index is 0.541. The average molecular weight is 226 g/mol. The first kappa shape index (κ1) is 13.2. The molecule has 0 aromatic carbocycles. The van der Waals surface area contributed by atoms with Gasteiger partial charge in [0.2, 0.25) is 0 Å². The fraction of sp³-hybridized carbons (Fsp3) is 0.667. The lowest BCUT2D eigenvalue weighted by Gasteiger charge is -2.18. The van der Waals surface area contributed by atoms with Gasteiger partial charge in [-0.15, -0.1) is 0 Å². The summed E-state index contributed by atoms with van der Waals surface area (Å²) in [6.07, 6.45) is 0. The zero-order chi connectivity index (χ0) is 12.0. The van der Waals surface area contributed by atoms with Crippen LogP contribution in [0.3, 0.4) is 0 Å². The molecule has 1 rings (SSSR count). The van der Waals surface area contributed by atoms with Gasteiger partial charge in [-0.1, -0.05) is 6.92 Å². The summed E-state index contributed by atoms with van der Waals surface area (Å²) in [5.74, 6) is 1.91. The van der Waals surface area contributed by atoms with E-state index in [0.717, 1.165) is 43.3 Å². The third-order valence-corrected chi connectivity index (χ3v) is 2.73. The van der Waals surface area contributed by atoms with E-state index in [9.17, 15) is 0 Å². The third kappa shape index (κ3) is 3.63. The second-order valence-electron chi connectivity index (χ2n) is 3.86. The van der Waals surface area contributed by atoms with Crippen LogP contribution in [0.1, 0.15) is 24.0 Å². The van der Waals surface area contributed by atoms with Crippen molar-refractivity contribution in [3.63, 3.8) is 0 Å². The summed E-state index contributed by atoms with van der Waals surface area (Å²) in [4.78, 5) is 2.28. The van der Waals surface area contributed by atoms with Crippen LogP contribution in [-0.2, 0) is 17.8 Å². The highest BCUT2D eigenvalue weighted by molar-refractivity contribution is 5.20. The van der Waals surface area contributed by atoms with Crippen LogP contribution in [0.15, 0.2) is 10.5 Å². The van der Waals surface area contributed by atoms with Crippen molar-refractivity contribution in [3.05, 3.63) is 23.2 Å². The van der Waals surface area contributed by atoms with E-state index in [4.69, 9.17) is 14.9 Å². The fourth-order valence-corrected chi connectivity index (χ4v) is 1.66. The SMILES string of the molecule is CCN(CCOC)Cc1cc(CN)c(C)o1. The van der Waals surface area contributed by atoms with Gasteiger partial charge in [-0.2, -0.15) is 0 Å². The normalized spacial score (nSPS) is 11.3. The van der Waals surface area contributed by atoms with Crippen LogP contribution in [0.4, 0.5) is 0 Å². The molecule has 1 heterocycles. The molecular weight excluding hydrogens is 204 g/mol. The van der Waals surface area contributed by atoms with Crippen LogP contribution in [0.25, 0.3) is 0 Å². The zero-order valence-corrected chi connectivity index (χ0v) is 10.5. The molecular formula is C12H22N2O2. The Labute approximate surface area is 97.4 Å². The molecule has 2 N–H and O–H groups in total. The molecule has 0 bridgehead atoms. The number of rotatable bonds is 7. The lowest BCUT2D eigenvalue weighted by Crippen LogP contribution is -2.26. The van der Waals surface area contributed by atoms with Crippen molar-refractivity contribution in [1.29, 1.82) is 0 Å². The van der Waals surface area contributed by atoms with Crippen LogP contribution in [0.2, 0.25) is 0 Å². The van der Waals surface area contributed by atoms with E-state index in [1.54, 1.807) is 7.11 Å². The van der Waals surface area contributed by atoms with Crippen molar-refractivity contribution in [1.82, 2.24) is 4.90 Å². The standard InChI is InChI=1S/C12H22N2O2/c1-4-14(5-6-15-3)9-12-7-11(8-13)10(2)16-12/h7H,4-6,8-9,13H2,1-3H3. The summed E-state index contributed by atoms with van der Waals surface area (Å²) in [7, 11) is 1.72. The number of methoxy groups -OCH3 is 1. The fourth-order valence-electron chi connectivity index (χ4n) is 1.66. The number of nitrogens with zero attached hydrogens (tertiary/aromatic N) is 1. The molecule has 0 atom stereocenters. The lowest BCUT2D eigenvalue weighted by atomic mass is 10.2. The number of furan rings is 1. The van der Waals surface area contributed by atoms with Gasteiger partial charge in [0.05, 0.1) is 13.2 Å². The van der Waals surface area contributed by atoms with Gasteiger partial charge in [-0.3, -0.25) is 4.90 Å². The molecule has 16 heavy (non-hydrogen) atoms. The Kier molecular flexibility index (Phi) is 5.52. The summed E-state index contributed by atoms with van der Waals surface area (Å²) in [5.41, 5.74) is 6.71. The van der Waals surface area contributed by atoms with E-state index >= 15 is 0 Å². The number of likely N-dealkylation sites (N-methyl/N-ethyl adjacent to an activating group) is 1. The van der Waals surface area contributed by atoms with E-state index in [-0.39, 0.29) is 0 Å². The molecule has 0 amide bonds. The Morgan fingerprint density at radius 3 is 2.75 bits per heavy atom. The summed E-state index contributed by atoms with van der Waals surface area (Å²) in [5, 5.41) is 0. The number of hydrogen-bond donors (Lipinski definition) is 1. The summed E-state index contributed by atoms with van der Waals surface area (Å²) < 4.78 is 10.7. The largest absolute Gasteiger partial charge is 0.465 e. The molecule has 0 aliphatic rings. The maximum absolute atomic E-state index is 5.66. The first-order valence-electron chi connectivity index (χ1n) is 5.70. The molecule has 1 aromatic rings. The Hall–Kier alpha value is -0.840. The number of ether oxygens (including phenoxy) is 1. The summed E-state index contributed by atoms with van der Waals surface area (Å²) >= 11 is 0. The van der Waals surface area contributed by atoms with Crippen LogP contribution in [0, 0.1) is 6.92 Å². The lowest BCUT2D eigenvalue weighted by molar-refractivity contribution is 0.142. The van der Waals surface area contributed by atoms with Gasteiger partial charge >= 0.3 is 0 Å². The Balaban J connectivity index is 2.55. The topological polar surface area (TPSA) is 51.6 Å². The highest BCUT2D eigenvalue weighted by atomic mass is 16.5. The van der Waals surface area contributed by atoms with E-state index in [1.165, 1.54) is 0 Å². The molecule has 1 aromatic heterocycles. The van der Waals surface area contributed by atoms with Gasteiger partial charge in [-0.05, 0) is 19.5 Å². The van der Waals surface area contributed by atoms with Gasteiger partial charge in [0, 0.05) is 25.8 Å². The van der Waals surface area contributed by atoms with E-state index in [0.29, 0.717) is 6.54 Å². The van der Waals surface area contributed by atoms with Gasteiger partial charge in [0.1, 0.15) is 11.5 Å². The number of nitrogens with two attached hydrogens (primary N) is 1. The second kappa shape index (κ2) is 6.68. The van der Waals surface area contributed by atoms with Crippen molar-refractivity contribution < 1.29 is 9.15 Å². The van der Waals surface area contributed by atoms with E-state index < -0.39 is 0 Å². The molecule has 0 saturated heterocycles. The van der Waals surface area contributed by atoms with Crippen LogP contribution < -0.4 is 5.73 Å². The van der Waals surface area contributed by atoms with Gasteiger partial charge in [-0.25, -0.2) is 0 Å². The average Bonchev–Trinajstić information content (AvgIpc) is 2.64. The Bertz CT molecular complexity index is 310. The molecule has 0 aliphatic carbocycles. The van der Waals surface area contributed by atoms with Crippen molar-refractivity contribution in [2.75, 3.05) is 26.8 Å². The highest BCUT2D eigenvalue weighted by Crippen LogP contribution is 2.15. The Morgan fingerprint density at radius 1 is 1.50 bits per heavy atom. The quantitative estimate of drug-likeness (QED) is 0.765. The van der Waals surface area contributed by atoms with E-state index in [1.807, 2.05) is 13.0 Å². The number of aryl methyl sites for hydroxylation is 1. The number of hydrogen-bond acceptors (Lipinski definition) is 4. The molecule has 4 heteroatoms. The minimum atomic E-state index is 0.541. The summed E-state index contributed by atoms with van der Waals surface area (Å²) in [6, 6.07) is 2.05. The van der Waals surface area contributed by atoms with E-state index in [2.05, 4.69) is 11.8 Å². The molecule has 0 saturated carbocycles. The smallest absolute Gasteiger partial charge is 0.118 e. The molecule has 0 aliphatic heterocycles. The minimum Gasteiger partial charge on any atom is -0.465 e. The van der Waals surface area contributed by atoms with Gasteiger partial charge < -0.3 is 14.9 Å². The maximum atomic E-state index is 5.66. The van der Waals surface area contributed by atoms with Crippen molar-refractivity contribution in [3.8, 4) is 0 Å². The van der Waals surface area contributed by atoms with Crippen LogP contribution in [-0.4, -0.2) is 31.7 Å². The van der Waals surface area contributed by atoms with Crippen LogP contribution in [0.5, 0.6) is 0 Å². The first-order chi connectivity index (χ1) is 7.71. The zero-order valence-electron chi connectivity index (χ0n) is 10.5. The van der Waals surface area contributed by atoms with Gasteiger partial charge in [0.25, 0.3) is 0 Å². The summed E-state index contributed by atoms with van der Waals surface area (Å²) in [6.45, 7) is 8.11. The maximum Gasteiger partial charge on any atom is 0.118 e. The van der Waals surface area contributed by atoms with Crippen LogP contribution >= 0.6 is 0 Å². The predicted octanol–water partition coefficient (Wildman–Crippen LogP) is 1.52. The van der Waals surface area contributed by atoms with Crippen molar-refractivity contribution in [2.24, 2.45) is 5.73 Å². The molecule has 0 unspecified atom stereocenters. The van der Waals surface area contributed by atoms with Crippen molar-refractivity contribution in [2.45, 2.75) is 26.9 Å². The predicted molar refractivity (Wildman–Crippen MR) is 64.2 cm³/mol. The monoisotopic (exact) mass is 226 g/mol. The Morgan fingerprint density at radius 2 is 2.25 bits per heavy atom. The van der Waals surface area contributed by atoms with Crippen molar-refractivity contribution >= 4 is 0 Å². The first-order valence-corrected chi connectivity index (χ1v) is 5.70. The molecule has 0 fully saturated rings. The second-order valence-corrected chi connectivity index (χ2v) is 3.86. The molecule has 0 spiro atoms. The molecule has 92 valence electrons. The van der Waals surface area contributed by atoms with Gasteiger partial charge in [0.15, 0.2) is 0 Å². The molecule has 4 nitrogen and oxygen atoms in total. The third-order valence-electron chi connectivity index (χ3n) is 2.73. The molecule has 0 radical (unpaired) electrons. The highest BCUT2D eigenvalue weighted by Gasteiger charge is 2.09.